The molecular weight excluding hydrogens is 222 g/mol. The van der Waals surface area contributed by atoms with Crippen LogP contribution in [0.15, 0.2) is 30.5 Å². The molecule has 0 N–H and O–H groups in total. The largest absolute Gasteiger partial charge is 0.213 e. The fraction of sp³-hybridized carbons (Fsp3) is 0.250. The molecule has 0 atom stereocenters. The Kier molecular flexibility index (Phi) is 3.47. The van der Waals surface area contributed by atoms with Crippen LogP contribution in [0.5, 0.6) is 0 Å². The van der Waals surface area contributed by atoms with Crippen LogP contribution in [0.1, 0.15) is 18.9 Å². The fourth-order valence-electron chi connectivity index (χ4n) is 1.52. The van der Waals surface area contributed by atoms with Gasteiger partial charge in [0.25, 0.3) is 0 Å². The van der Waals surface area contributed by atoms with E-state index in [-0.39, 0.29) is 0 Å². The number of hydrogen-bond donors (Lipinski definition) is 0. The van der Waals surface area contributed by atoms with Crippen LogP contribution >= 0.6 is 11.6 Å². The van der Waals surface area contributed by atoms with Gasteiger partial charge in [0.05, 0.1) is 6.20 Å². The summed E-state index contributed by atoms with van der Waals surface area (Å²) >= 11 is 5.76. The molecular formula is C12H12ClN3. The molecule has 0 bridgehead atoms. The second kappa shape index (κ2) is 5.03. The van der Waals surface area contributed by atoms with Crippen molar-refractivity contribution in [2.45, 2.75) is 19.8 Å². The molecule has 1 aromatic carbocycles. The summed E-state index contributed by atoms with van der Waals surface area (Å²) in [6.45, 7) is 2.16. The zero-order chi connectivity index (χ0) is 11.4. The summed E-state index contributed by atoms with van der Waals surface area (Å²) in [7, 11) is 0. The summed E-state index contributed by atoms with van der Waals surface area (Å²) in [5.74, 6) is 0.565. The molecule has 1 aromatic heterocycles. The zero-order valence-electron chi connectivity index (χ0n) is 9.02. The normalized spacial score (nSPS) is 10.4. The number of hydrogen-bond acceptors (Lipinski definition) is 3. The minimum absolute atomic E-state index is 0.364. The Morgan fingerprint density at radius 1 is 1.19 bits per heavy atom. The SMILES string of the molecule is CCCc1ccc(-c2nncc(Cl)n2)cc1. The zero-order valence-corrected chi connectivity index (χ0v) is 9.78. The van der Waals surface area contributed by atoms with E-state index in [2.05, 4.69) is 34.2 Å². The highest BCUT2D eigenvalue weighted by Crippen LogP contribution is 2.16. The standard InChI is InChI=1S/C12H12ClN3/c1-2-3-9-4-6-10(7-5-9)12-15-11(13)8-14-16-12/h4-8H,2-3H2,1H3. The van der Waals surface area contributed by atoms with Crippen LogP contribution in [0.4, 0.5) is 0 Å². The van der Waals surface area contributed by atoms with Crippen LogP contribution < -0.4 is 0 Å². The molecule has 0 aliphatic carbocycles. The van der Waals surface area contributed by atoms with Crippen LogP contribution in [0.3, 0.4) is 0 Å². The minimum Gasteiger partial charge on any atom is -0.213 e. The first-order valence-corrected chi connectivity index (χ1v) is 5.62. The summed E-state index contributed by atoms with van der Waals surface area (Å²) < 4.78 is 0. The van der Waals surface area contributed by atoms with Crippen molar-refractivity contribution < 1.29 is 0 Å². The predicted octanol–water partition coefficient (Wildman–Crippen LogP) is 3.14. The first kappa shape index (κ1) is 11.0. The molecule has 0 saturated heterocycles. The molecule has 82 valence electrons. The van der Waals surface area contributed by atoms with Crippen molar-refractivity contribution >= 4 is 11.6 Å². The summed E-state index contributed by atoms with van der Waals surface area (Å²) in [6.07, 6.45) is 3.67. The van der Waals surface area contributed by atoms with E-state index in [9.17, 15) is 0 Å². The van der Waals surface area contributed by atoms with Gasteiger partial charge in [0, 0.05) is 5.56 Å². The number of rotatable bonds is 3. The third-order valence-corrected chi connectivity index (χ3v) is 2.46. The van der Waals surface area contributed by atoms with E-state index >= 15 is 0 Å². The van der Waals surface area contributed by atoms with Crippen LogP contribution in [0, 0.1) is 0 Å². The molecule has 0 radical (unpaired) electrons. The molecule has 0 fully saturated rings. The number of aromatic nitrogens is 3. The fourth-order valence-corrected chi connectivity index (χ4v) is 1.64. The molecule has 2 rings (SSSR count). The number of aryl methyl sites for hydroxylation is 1. The summed E-state index contributed by atoms with van der Waals surface area (Å²) in [5.41, 5.74) is 2.26. The Morgan fingerprint density at radius 2 is 1.94 bits per heavy atom. The Bertz CT molecular complexity index is 468. The van der Waals surface area contributed by atoms with Gasteiger partial charge in [0.2, 0.25) is 0 Å². The van der Waals surface area contributed by atoms with Gasteiger partial charge >= 0.3 is 0 Å². The van der Waals surface area contributed by atoms with Crippen molar-refractivity contribution in [1.82, 2.24) is 15.2 Å². The quantitative estimate of drug-likeness (QED) is 0.818. The van der Waals surface area contributed by atoms with Gasteiger partial charge in [-0.3, -0.25) is 0 Å². The van der Waals surface area contributed by atoms with Gasteiger partial charge in [0.15, 0.2) is 11.0 Å². The lowest BCUT2D eigenvalue weighted by atomic mass is 10.1. The molecule has 4 heteroatoms. The second-order valence-corrected chi connectivity index (χ2v) is 3.94. The molecule has 0 spiro atoms. The molecule has 0 saturated carbocycles. The van der Waals surface area contributed by atoms with Crippen molar-refractivity contribution in [3.8, 4) is 11.4 Å². The van der Waals surface area contributed by atoms with Crippen molar-refractivity contribution in [3.05, 3.63) is 41.2 Å². The Labute approximate surface area is 99.5 Å². The maximum Gasteiger partial charge on any atom is 0.183 e. The monoisotopic (exact) mass is 233 g/mol. The maximum atomic E-state index is 5.76. The van der Waals surface area contributed by atoms with Gasteiger partial charge in [-0.15, -0.1) is 5.10 Å². The molecule has 0 unspecified atom stereocenters. The van der Waals surface area contributed by atoms with Gasteiger partial charge in [0.1, 0.15) is 0 Å². The smallest absolute Gasteiger partial charge is 0.183 e. The topological polar surface area (TPSA) is 38.7 Å². The lowest BCUT2D eigenvalue weighted by Crippen LogP contribution is -1.92. The highest BCUT2D eigenvalue weighted by Gasteiger charge is 2.02. The maximum absolute atomic E-state index is 5.76. The van der Waals surface area contributed by atoms with Crippen molar-refractivity contribution in [2.24, 2.45) is 0 Å². The van der Waals surface area contributed by atoms with Crippen LogP contribution in [0.2, 0.25) is 5.15 Å². The highest BCUT2D eigenvalue weighted by atomic mass is 35.5. The van der Waals surface area contributed by atoms with E-state index in [0.29, 0.717) is 11.0 Å². The first-order chi connectivity index (χ1) is 7.79. The molecule has 0 amide bonds. The van der Waals surface area contributed by atoms with E-state index in [1.807, 2.05) is 12.1 Å². The second-order valence-electron chi connectivity index (χ2n) is 3.55. The van der Waals surface area contributed by atoms with Gasteiger partial charge in [-0.1, -0.05) is 49.2 Å². The molecule has 3 nitrogen and oxygen atoms in total. The van der Waals surface area contributed by atoms with E-state index in [4.69, 9.17) is 11.6 Å². The van der Waals surface area contributed by atoms with Gasteiger partial charge in [-0.2, -0.15) is 5.10 Å². The average molecular weight is 234 g/mol. The van der Waals surface area contributed by atoms with Gasteiger partial charge in [-0.25, -0.2) is 4.98 Å². The lowest BCUT2D eigenvalue weighted by molar-refractivity contribution is 0.921. The molecule has 0 aliphatic heterocycles. The Hall–Kier alpha value is -1.48. The lowest BCUT2D eigenvalue weighted by Gasteiger charge is -2.01. The minimum atomic E-state index is 0.364. The third kappa shape index (κ3) is 2.55. The highest BCUT2D eigenvalue weighted by molar-refractivity contribution is 6.29. The number of halogens is 1. The van der Waals surface area contributed by atoms with Crippen LogP contribution in [-0.4, -0.2) is 15.2 Å². The van der Waals surface area contributed by atoms with Gasteiger partial charge < -0.3 is 0 Å². The molecule has 0 aliphatic rings. The van der Waals surface area contributed by atoms with E-state index in [1.54, 1.807) is 0 Å². The van der Waals surface area contributed by atoms with Gasteiger partial charge in [-0.05, 0) is 12.0 Å². The average Bonchev–Trinajstić information content (AvgIpc) is 2.30. The third-order valence-electron chi connectivity index (χ3n) is 2.28. The van der Waals surface area contributed by atoms with E-state index < -0.39 is 0 Å². The van der Waals surface area contributed by atoms with Crippen molar-refractivity contribution in [3.63, 3.8) is 0 Å². The molecule has 16 heavy (non-hydrogen) atoms. The molecule has 1 heterocycles. The predicted molar refractivity (Wildman–Crippen MR) is 64.3 cm³/mol. The summed E-state index contributed by atoms with van der Waals surface area (Å²) in [6, 6.07) is 8.17. The number of nitrogens with zero attached hydrogens (tertiary/aromatic N) is 3. The Morgan fingerprint density at radius 3 is 2.56 bits per heavy atom. The first-order valence-electron chi connectivity index (χ1n) is 5.24. The van der Waals surface area contributed by atoms with E-state index in [0.717, 1.165) is 18.4 Å². The number of benzene rings is 1. The van der Waals surface area contributed by atoms with E-state index in [1.165, 1.54) is 11.8 Å². The van der Waals surface area contributed by atoms with Crippen LogP contribution in [-0.2, 0) is 6.42 Å². The van der Waals surface area contributed by atoms with Crippen molar-refractivity contribution in [1.29, 1.82) is 0 Å². The van der Waals surface area contributed by atoms with Crippen LogP contribution in [0.25, 0.3) is 11.4 Å². The summed E-state index contributed by atoms with van der Waals surface area (Å²) in [4.78, 5) is 4.11. The van der Waals surface area contributed by atoms with Crippen molar-refractivity contribution in [2.75, 3.05) is 0 Å². The Balaban J connectivity index is 2.27. The summed E-state index contributed by atoms with van der Waals surface area (Å²) in [5, 5.41) is 8.08. The molecule has 2 aromatic rings.